The molecule has 2 aromatic rings. The first kappa shape index (κ1) is 15.1. The normalized spacial score (nSPS) is 10.6. The highest BCUT2D eigenvalue weighted by Gasteiger charge is 2.06. The number of aryl methyl sites for hydroxylation is 3. The maximum Gasteiger partial charge on any atom is 0.404 e. The van der Waals surface area contributed by atoms with Crippen LogP contribution in [0.4, 0.5) is 4.79 Å². The molecular formula is C16H21N3O2. The van der Waals surface area contributed by atoms with Crippen molar-refractivity contribution >= 4 is 6.09 Å². The van der Waals surface area contributed by atoms with E-state index in [-0.39, 0.29) is 0 Å². The Morgan fingerprint density at radius 1 is 1.19 bits per heavy atom. The van der Waals surface area contributed by atoms with Crippen molar-refractivity contribution in [1.82, 2.24) is 14.9 Å². The maximum absolute atomic E-state index is 10.3. The Morgan fingerprint density at radius 2 is 1.90 bits per heavy atom. The average Bonchev–Trinajstić information content (AvgIpc) is 2.78. The molecule has 0 atom stereocenters. The van der Waals surface area contributed by atoms with Gasteiger partial charge in [0.1, 0.15) is 5.82 Å². The van der Waals surface area contributed by atoms with Gasteiger partial charge in [-0.25, -0.2) is 9.78 Å². The van der Waals surface area contributed by atoms with Crippen LogP contribution in [0.1, 0.15) is 29.9 Å². The second-order valence-corrected chi connectivity index (χ2v) is 5.13. The molecule has 2 N–H and O–H groups in total. The number of unbranched alkanes of at least 4 members (excludes halogenated alkanes) is 1. The molecule has 0 saturated heterocycles. The number of rotatable bonds is 6. The molecular weight excluding hydrogens is 266 g/mol. The predicted molar refractivity (Wildman–Crippen MR) is 82.0 cm³/mol. The lowest BCUT2D eigenvalue weighted by Crippen LogP contribution is -2.21. The number of carbonyl (C=O) groups is 1. The van der Waals surface area contributed by atoms with Gasteiger partial charge in [-0.3, -0.25) is 0 Å². The smallest absolute Gasteiger partial charge is 0.404 e. The summed E-state index contributed by atoms with van der Waals surface area (Å²) in [5, 5.41) is 10.9. The number of carboxylic acid groups (broad SMARTS) is 1. The third kappa shape index (κ3) is 4.08. The van der Waals surface area contributed by atoms with Crippen LogP contribution in [0.15, 0.2) is 30.3 Å². The van der Waals surface area contributed by atoms with Crippen LogP contribution in [0.3, 0.4) is 0 Å². The van der Waals surface area contributed by atoms with E-state index in [1.165, 1.54) is 11.4 Å². The molecule has 0 aliphatic carbocycles. The molecule has 0 aliphatic heterocycles. The van der Waals surface area contributed by atoms with Crippen molar-refractivity contribution in [3.63, 3.8) is 0 Å². The second-order valence-electron chi connectivity index (χ2n) is 5.13. The molecule has 0 unspecified atom stereocenters. The van der Waals surface area contributed by atoms with E-state index >= 15 is 0 Å². The molecule has 0 aliphatic rings. The number of nitrogens with zero attached hydrogens (tertiary/aromatic N) is 2. The summed E-state index contributed by atoms with van der Waals surface area (Å²) in [5.41, 5.74) is 3.38. The van der Waals surface area contributed by atoms with Gasteiger partial charge in [0.2, 0.25) is 0 Å². The van der Waals surface area contributed by atoms with Gasteiger partial charge in [0.15, 0.2) is 0 Å². The zero-order chi connectivity index (χ0) is 15.2. The Bertz CT molecular complexity index is 600. The number of nitrogens with one attached hydrogen (secondary N) is 1. The van der Waals surface area contributed by atoms with Gasteiger partial charge in [-0.15, -0.1) is 0 Å². The zero-order valence-electron chi connectivity index (χ0n) is 12.5. The lowest BCUT2D eigenvalue weighted by Gasteiger charge is -2.10. The maximum atomic E-state index is 10.3. The quantitative estimate of drug-likeness (QED) is 0.802. The molecule has 0 saturated carbocycles. The third-order valence-corrected chi connectivity index (χ3v) is 3.43. The molecule has 112 valence electrons. The highest BCUT2D eigenvalue weighted by molar-refractivity contribution is 5.64. The molecule has 0 radical (unpaired) electrons. The molecule has 0 fully saturated rings. The summed E-state index contributed by atoms with van der Waals surface area (Å²) >= 11 is 0. The summed E-state index contributed by atoms with van der Waals surface area (Å²) < 4.78 is 2.13. The molecule has 5 heteroatoms. The molecule has 0 spiro atoms. The van der Waals surface area contributed by atoms with Crippen molar-refractivity contribution in [2.75, 3.05) is 6.54 Å². The third-order valence-electron chi connectivity index (χ3n) is 3.43. The predicted octanol–water partition coefficient (Wildman–Crippen LogP) is 3.08. The van der Waals surface area contributed by atoms with Crippen molar-refractivity contribution in [3.8, 4) is 5.82 Å². The van der Waals surface area contributed by atoms with Crippen LogP contribution in [-0.4, -0.2) is 27.3 Å². The lowest BCUT2D eigenvalue weighted by atomic mass is 10.2. The molecule has 2 heterocycles. The van der Waals surface area contributed by atoms with Crippen LogP contribution < -0.4 is 5.32 Å². The summed E-state index contributed by atoms with van der Waals surface area (Å²) in [4.78, 5) is 15.0. The van der Waals surface area contributed by atoms with Gasteiger partial charge >= 0.3 is 6.09 Å². The van der Waals surface area contributed by atoms with Crippen LogP contribution in [0.25, 0.3) is 5.82 Å². The summed E-state index contributed by atoms with van der Waals surface area (Å²) in [6.45, 7) is 4.63. The summed E-state index contributed by atoms with van der Waals surface area (Å²) in [5.74, 6) is 0.941. The topological polar surface area (TPSA) is 67.2 Å². The summed E-state index contributed by atoms with van der Waals surface area (Å²) in [7, 11) is 0. The van der Waals surface area contributed by atoms with Crippen molar-refractivity contribution in [2.45, 2.75) is 33.1 Å². The zero-order valence-corrected chi connectivity index (χ0v) is 12.5. The van der Waals surface area contributed by atoms with Gasteiger partial charge in [0, 0.05) is 23.6 Å². The van der Waals surface area contributed by atoms with Crippen molar-refractivity contribution < 1.29 is 9.90 Å². The first-order valence-corrected chi connectivity index (χ1v) is 7.16. The first-order valence-electron chi connectivity index (χ1n) is 7.16. The van der Waals surface area contributed by atoms with Crippen LogP contribution >= 0.6 is 0 Å². The number of pyridine rings is 1. The van der Waals surface area contributed by atoms with Crippen LogP contribution in [0.5, 0.6) is 0 Å². The standard InChI is InChI=1S/C16H21N3O2/c1-12-9-10-13(2)19(12)15-8-5-7-14(18-15)6-3-4-11-17-16(20)21/h5,7-10,17H,3-4,6,11H2,1-2H3,(H,20,21). The number of hydrogen-bond acceptors (Lipinski definition) is 2. The molecule has 2 aromatic heterocycles. The van der Waals surface area contributed by atoms with Gasteiger partial charge in [-0.1, -0.05) is 6.07 Å². The Kier molecular flexibility index (Phi) is 4.98. The van der Waals surface area contributed by atoms with E-state index in [0.717, 1.165) is 30.8 Å². The van der Waals surface area contributed by atoms with E-state index in [0.29, 0.717) is 6.54 Å². The summed E-state index contributed by atoms with van der Waals surface area (Å²) in [6, 6.07) is 10.2. The minimum atomic E-state index is -0.964. The van der Waals surface area contributed by atoms with Gasteiger partial charge < -0.3 is 15.0 Å². The van der Waals surface area contributed by atoms with E-state index in [2.05, 4.69) is 35.9 Å². The van der Waals surface area contributed by atoms with Crippen LogP contribution in [0.2, 0.25) is 0 Å². The number of aromatic nitrogens is 2. The molecule has 2 rings (SSSR count). The van der Waals surface area contributed by atoms with Gasteiger partial charge in [-0.2, -0.15) is 0 Å². The molecule has 0 aromatic carbocycles. The lowest BCUT2D eigenvalue weighted by molar-refractivity contribution is 0.194. The van der Waals surface area contributed by atoms with Crippen LogP contribution in [-0.2, 0) is 6.42 Å². The fourth-order valence-corrected chi connectivity index (χ4v) is 2.39. The van der Waals surface area contributed by atoms with Crippen molar-refractivity contribution in [3.05, 3.63) is 47.4 Å². The largest absolute Gasteiger partial charge is 0.465 e. The van der Waals surface area contributed by atoms with E-state index < -0.39 is 6.09 Å². The van der Waals surface area contributed by atoms with Gasteiger partial charge in [0.05, 0.1) is 0 Å². The first-order chi connectivity index (χ1) is 10.1. The fraction of sp³-hybridized carbons (Fsp3) is 0.375. The van der Waals surface area contributed by atoms with E-state index in [4.69, 9.17) is 10.1 Å². The Morgan fingerprint density at radius 3 is 2.57 bits per heavy atom. The highest BCUT2D eigenvalue weighted by atomic mass is 16.4. The Labute approximate surface area is 124 Å². The van der Waals surface area contributed by atoms with Crippen LogP contribution in [0, 0.1) is 13.8 Å². The molecule has 1 amide bonds. The second kappa shape index (κ2) is 6.92. The Balaban J connectivity index is 1.97. The van der Waals surface area contributed by atoms with E-state index in [1.807, 2.05) is 18.2 Å². The SMILES string of the molecule is Cc1ccc(C)n1-c1cccc(CCCCNC(=O)O)n1. The van der Waals surface area contributed by atoms with E-state index in [9.17, 15) is 4.79 Å². The summed E-state index contributed by atoms with van der Waals surface area (Å²) in [6.07, 6.45) is 1.63. The van der Waals surface area contributed by atoms with Crippen molar-refractivity contribution in [2.24, 2.45) is 0 Å². The van der Waals surface area contributed by atoms with Crippen molar-refractivity contribution in [1.29, 1.82) is 0 Å². The Hall–Kier alpha value is -2.30. The monoisotopic (exact) mass is 287 g/mol. The minimum Gasteiger partial charge on any atom is -0.465 e. The molecule has 0 bridgehead atoms. The molecule has 21 heavy (non-hydrogen) atoms. The highest BCUT2D eigenvalue weighted by Crippen LogP contribution is 2.15. The van der Waals surface area contributed by atoms with E-state index in [1.54, 1.807) is 0 Å². The fourth-order valence-electron chi connectivity index (χ4n) is 2.39. The van der Waals surface area contributed by atoms with Gasteiger partial charge in [-0.05, 0) is 57.4 Å². The minimum absolute atomic E-state index is 0.491. The number of amides is 1. The molecule has 5 nitrogen and oxygen atoms in total. The number of hydrogen-bond donors (Lipinski definition) is 2. The average molecular weight is 287 g/mol. The van der Waals surface area contributed by atoms with Gasteiger partial charge in [0.25, 0.3) is 0 Å².